The topological polar surface area (TPSA) is 17.1 Å². The molecule has 1 atom stereocenters. The molecule has 0 heterocycles. The van der Waals surface area contributed by atoms with Crippen molar-refractivity contribution in [2.45, 2.75) is 5.25 Å². The van der Waals surface area contributed by atoms with Crippen LogP contribution in [-0.4, -0.2) is 16.7 Å². The molecular weight excluding hydrogens is 144 g/mol. The van der Waals surface area contributed by atoms with Gasteiger partial charge in [0, 0.05) is 0 Å². The van der Waals surface area contributed by atoms with Crippen LogP contribution < -0.4 is 0 Å². The Balaban J connectivity index is 3.69. The highest BCUT2D eigenvalue weighted by Crippen LogP contribution is 2.09. The maximum atomic E-state index is 10.3. The Kier molecular flexibility index (Phi) is 4.01. The van der Waals surface area contributed by atoms with Crippen molar-refractivity contribution >= 4 is 28.6 Å². The fraction of sp³-hybridized carbons (Fsp3) is 0.400. The zero-order valence-electron chi connectivity index (χ0n) is 4.56. The number of hydrogen-bond acceptors (Lipinski definition) is 2. The molecule has 0 radical (unpaired) electrons. The summed E-state index contributed by atoms with van der Waals surface area (Å²) in [4.78, 5) is 10.3. The van der Waals surface area contributed by atoms with E-state index in [2.05, 4.69) is 6.58 Å². The van der Waals surface area contributed by atoms with E-state index in [4.69, 9.17) is 11.6 Å². The van der Waals surface area contributed by atoms with Gasteiger partial charge in [-0.05, 0) is 17.9 Å². The Morgan fingerprint density at radius 3 is 2.50 bits per heavy atom. The maximum Gasteiger partial charge on any atom is 0.238 e. The summed E-state index contributed by atoms with van der Waals surface area (Å²) in [6.07, 6.45) is 3.34. The van der Waals surface area contributed by atoms with Crippen LogP contribution in [0.5, 0.6) is 0 Å². The number of thioether (sulfide) groups is 1. The monoisotopic (exact) mass is 150 g/mol. The Morgan fingerprint density at radius 2 is 2.50 bits per heavy atom. The molecule has 0 aliphatic carbocycles. The van der Waals surface area contributed by atoms with Crippen molar-refractivity contribution in [2.24, 2.45) is 0 Å². The van der Waals surface area contributed by atoms with Gasteiger partial charge in [0.2, 0.25) is 5.24 Å². The molecule has 3 heteroatoms. The van der Waals surface area contributed by atoms with Crippen molar-refractivity contribution in [3.05, 3.63) is 12.7 Å². The van der Waals surface area contributed by atoms with Crippen LogP contribution in [0, 0.1) is 0 Å². The lowest BCUT2D eigenvalue weighted by Crippen LogP contribution is -2.05. The van der Waals surface area contributed by atoms with Gasteiger partial charge in [-0.15, -0.1) is 18.3 Å². The van der Waals surface area contributed by atoms with Crippen LogP contribution in [0.25, 0.3) is 0 Å². The van der Waals surface area contributed by atoms with E-state index in [1.807, 2.05) is 6.26 Å². The summed E-state index contributed by atoms with van der Waals surface area (Å²) in [7, 11) is 0. The Bertz CT molecular complexity index is 103. The predicted molar refractivity (Wildman–Crippen MR) is 38.4 cm³/mol. The molecule has 0 fully saturated rings. The van der Waals surface area contributed by atoms with Gasteiger partial charge >= 0.3 is 0 Å². The first-order valence-corrected chi connectivity index (χ1v) is 3.73. The van der Waals surface area contributed by atoms with Gasteiger partial charge in [-0.2, -0.15) is 0 Å². The van der Waals surface area contributed by atoms with Gasteiger partial charge in [0.15, 0.2) is 0 Å². The second-order valence-corrected chi connectivity index (χ2v) is 2.55. The molecule has 46 valence electrons. The molecule has 0 N–H and O–H groups in total. The highest BCUT2D eigenvalue weighted by Gasteiger charge is 2.07. The van der Waals surface area contributed by atoms with Crippen LogP contribution in [0.2, 0.25) is 0 Å². The minimum absolute atomic E-state index is 0.239. The Labute approximate surface area is 58.1 Å². The quantitative estimate of drug-likeness (QED) is 0.450. The summed E-state index contributed by atoms with van der Waals surface area (Å²) in [5.74, 6) is 0. The second-order valence-electron chi connectivity index (χ2n) is 1.20. The van der Waals surface area contributed by atoms with E-state index in [1.54, 1.807) is 0 Å². The molecule has 0 aromatic heterocycles. The van der Waals surface area contributed by atoms with Crippen LogP contribution in [0.3, 0.4) is 0 Å². The lowest BCUT2D eigenvalue weighted by atomic mass is 10.5. The van der Waals surface area contributed by atoms with Gasteiger partial charge < -0.3 is 0 Å². The zero-order chi connectivity index (χ0) is 6.57. The van der Waals surface area contributed by atoms with E-state index in [9.17, 15) is 4.79 Å². The lowest BCUT2D eigenvalue weighted by molar-refractivity contribution is -0.110. The summed E-state index contributed by atoms with van der Waals surface area (Å²) >= 11 is 6.49. The average molecular weight is 151 g/mol. The Morgan fingerprint density at radius 1 is 2.00 bits per heavy atom. The number of hydrogen-bond donors (Lipinski definition) is 0. The third kappa shape index (κ3) is 2.38. The fourth-order valence-electron chi connectivity index (χ4n) is 0.282. The molecule has 1 unspecified atom stereocenters. The van der Waals surface area contributed by atoms with Gasteiger partial charge in [0.1, 0.15) is 0 Å². The third-order valence-corrected chi connectivity index (χ3v) is 1.97. The van der Waals surface area contributed by atoms with Gasteiger partial charge in [0.25, 0.3) is 0 Å². The molecule has 0 saturated heterocycles. The SMILES string of the molecule is C=CC(SC)C(=O)Cl. The normalized spacial score (nSPS) is 12.8. The molecule has 0 aromatic rings. The highest BCUT2D eigenvalue weighted by molar-refractivity contribution is 8.00. The smallest absolute Gasteiger partial charge is 0.238 e. The van der Waals surface area contributed by atoms with Gasteiger partial charge in [-0.1, -0.05) is 6.08 Å². The molecule has 0 aromatic carbocycles. The van der Waals surface area contributed by atoms with E-state index in [0.29, 0.717) is 0 Å². The van der Waals surface area contributed by atoms with Crippen molar-refractivity contribution in [1.29, 1.82) is 0 Å². The van der Waals surface area contributed by atoms with Crippen molar-refractivity contribution in [3.8, 4) is 0 Å². The van der Waals surface area contributed by atoms with E-state index >= 15 is 0 Å². The maximum absolute atomic E-state index is 10.3. The summed E-state index contributed by atoms with van der Waals surface area (Å²) in [5.41, 5.74) is 0. The number of carbonyl (C=O) groups is 1. The van der Waals surface area contributed by atoms with Crippen LogP contribution in [0.15, 0.2) is 12.7 Å². The minimum atomic E-state index is -0.354. The summed E-state index contributed by atoms with van der Waals surface area (Å²) < 4.78 is 0. The van der Waals surface area contributed by atoms with E-state index in [-0.39, 0.29) is 10.5 Å². The first-order valence-electron chi connectivity index (χ1n) is 2.07. The van der Waals surface area contributed by atoms with Crippen molar-refractivity contribution in [3.63, 3.8) is 0 Å². The molecular formula is C5H7ClOS. The molecule has 0 rings (SSSR count). The van der Waals surface area contributed by atoms with Crippen LogP contribution in [0.1, 0.15) is 0 Å². The van der Waals surface area contributed by atoms with E-state index in [1.165, 1.54) is 17.8 Å². The predicted octanol–water partition coefficient (Wildman–Crippen LogP) is 1.67. The number of carbonyl (C=O) groups excluding carboxylic acids is 1. The standard InChI is InChI=1S/C5H7ClOS/c1-3-4(8-2)5(6)7/h3-4H,1H2,2H3. The van der Waals surface area contributed by atoms with Gasteiger partial charge in [0.05, 0.1) is 5.25 Å². The third-order valence-electron chi connectivity index (χ3n) is 0.692. The van der Waals surface area contributed by atoms with Gasteiger partial charge in [-0.25, -0.2) is 0 Å². The average Bonchev–Trinajstić information content (AvgIpc) is 1.69. The molecule has 0 spiro atoms. The van der Waals surface area contributed by atoms with Crippen molar-refractivity contribution in [1.82, 2.24) is 0 Å². The van der Waals surface area contributed by atoms with Crippen molar-refractivity contribution in [2.75, 3.05) is 6.26 Å². The largest absolute Gasteiger partial charge is 0.280 e. The molecule has 0 bridgehead atoms. The summed E-state index contributed by atoms with van der Waals surface area (Å²) in [6, 6.07) is 0. The minimum Gasteiger partial charge on any atom is -0.280 e. The van der Waals surface area contributed by atoms with Crippen molar-refractivity contribution < 1.29 is 4.79 Å². The summed E-state index contributed by atoms with van der Waals surface area (Å²) in [5, 5.41) is -0.593. The van der Waals surface area contributed by atoms with E-state index < -0.39 is 0 Å². The van der Waals surface area contributed by atoms with Crippen LogP contribution >= 0.6 is 23.4 Å². The zero-order valence-corrected chi connectivity index (χ0v) is 6.13. The molecule has 8 heavy (non-hydrogen) atoms. The fourth-order valence-corrected chi connectivity index (χ4v) is 1.02. The summed E-state index contributed by atoms with van der Waals surface area (Å²) in [6.45, 7) is 3.43. The number of rotatable bonds is 3. The van der Waals surface area contributed by atoms with Gasteiger partial charge in [-0.3, -0.25) is 4.79 Å². The molecule has 0 amide bonds. The highest BCUT2D eigenvalue weighted by atomic mass is 35.5. The first-order chi connectivity index (χ1) is 3.72. The van der Waals surface area contributed by atoms with E-state index in [0.717, 1.165) is 0 Å². The van der Waals surface area contributed by atoms with Crippen LogP contribution in [-0.2, 0) is 4.79 Å². The first kappa shape index (κ1) is 8.05. The molecule has 0 aliphatic heterocycles. The molecule has 0 aliphatic rings. The lowest BCUT2D eigenvalue weighted by Gasteiger charge is -1.98. The second kappa shape index (κ2) is 3.98. The Hall–Kier alpha value is 0.0500. The van der Waals surface area contributed by atoms with Crippen LogP contribution in [0.4, 0.5) is 0 Å². The molecule has 0 saturated carbocycles. The molecule has 1 nitrogen and oxygen atoms in total. The number of halogens is 1.